The second-order valence-electron chi connectivity index (χ2n) is 4.77. The van der Waals surface area contributed by atoms with Crippen molar-refractivity contribution in [1.29, 1.82) is 0 Å². The van der Waals surface area contributed by atoms with E-state index in [1.54, 1.807) is 25.3 Å². The van der Waals surface area contributed by atoms with Gasteiger partial charge in [0.25, 0.3) is 0 Å². The molecule has 2 N–H and O–H groups in total. The highest BCUT2D eigenvalue weighted by molar-refractivity contribution is 7.89. The molecule has 0 saturated carbocycles. The molecule has 0 aliphatic rings. The van der Waals surface area contributed by atoms with Gasteiger partial charge in [0.2, 0.25) is 15.9 Å². The molecule has 1 unspecified atom stereocenters. The van der Waals surface area contributed by atoms with E-state index in [1.807, 2.05) is 0 Å². The van der Waals surface area contributed by atoms with Gasteiger partial charge in [-0.2, -0.15) is 4.72 Å². The molecule has 0 aliphatic heterocycles. The third-order valence-corrected chi connectivity index (χ3v) is 4.81. The van der Waals surface area contributed by atoms with Crippen LogP contribution in [0.2, 0.25) is 5.02 Å². The average molecular weight is 354 g/mol. The van der Waals surface area contributed by atoms with Crippen molar-refractivity contribution >= 4 is 33.2 Å². The Morgan fingerprint density at radius 2 is 1.96 bits per heavy atom. The Kier molecular flexibility index (Phi) is 5.70. The van der Waals surface area contributed by atoms with Crippen molar-refractivity contribution in [2.45, 2.75) is 24.3 Å². The summed E-state index contributed by atoms with van der Waals surface area (Å²) in [5, 5.41) is 3.06. The Balaban J connectivity index is 2.11. The molecule has 2 aromatic rings. The highest BCUT2D eigenvalue weighted by Gasteiger charge is 2.24. The molecular formula is C15H16ClN3O3S. The molecule has 0 bridgehead atoms. The molecule has 0 fully saturated rings. The highest BCUT2D eigenvalue weighted by atomic mass is 35.5. The average Bonchev–Trinajstić information content (AvgIpc) is 2.54. The molecule has 1 aromatic heterocycles. The first-order valence-corrected chi connectivity index (χ1v) is 8.77. The van der Waals surface area contributed by atoms with E-state index >= 15 is 0 Å². The van der Waals surface area contributed by atoms with E-state index < -0.39 is 22.0 Å². The summed E-state index contributed by atoms with van der Waals surface area (Å²) in [5.74, 6) is -0.446. The van der Waals surface area contributed by atoms with Gasteiger partial charge in [0.05, 0.1) is 16.8 Å². The molecule has 0 aliphatic carbocycles. The monoisotopic (exact) mass is 353 g/mol. The standard InChI is InChI=1S/C15H16ClN3O3S/c1-2-14(15(20)18-12-4-3-9-17-10-12)19-23(21,22)13-7-5-11(16)6-8-13/h3-10,14,19H,2H2,1H3,(H,18,20). The topological polar surface area (TPSA) is 88.2 Å². The van der Waals surface area contributed by atoms with E-state index in [0.29, 0.717) is 17.1 Å². The minimum absolute atomic E-state index is 0.0505. The predicted octanol–water partition coefficient (Wildman–Crippen LogP) is 2.43. The molecule has 0 spiro atoms. The Morgan fingerprint density at radius 3 is 2.52 bits per heavy atom. The smallest absolute Gasteiger partial charge is 0.242 e. The van der Waals surface area contributed by atoms with E-state index in [2.05, 4.69) is 15.0 Å². The molecule has 8 heteroatoms. The zero-order valence-corrected chi connectivity index (χ0v) is 13.9. The van der Waals surface area contributed by atoms with Crippen LogP contribution in [0.4, 0.5) is 5.69 Å². The maximum atomic E-state index is 12.3. The number of hydrogen-bond donors (Lipinski definition) is 2. The number of rotatable bonds is 6. The van der Waals surface area contributed by atoms with Gasteiger partial charge in [-0.05, 0) is 42.8 Å². The Morgan fingerprint density at radius 1 is 1.26 bits per heavy atom. The van der Waals surface area contributed by atoms with Crippen LogP contribution >= 0.6 is 11.6 Å². The van der Waals surface area contributed by atoms with Crippen molar-refractivity contribution in [1.82, 2.24) is 9.71 Å². The summed E-state index contributed by atoms with van der Waals surface area (Å²) in [4.78, 5) is 16.2. The van der Waals surface area contributed by atoms with Gasteiger partial charge in [-0.25, -0.2) is 8.42 Å². The van der Waals surface area contributed by atoms with Gasteiger partial charge < -0.3 is 5.32 Å². The molecule has 23 heavy (non-hydrogen) atoms. The lowest BCUT2D eigenvalue weighted by atomic mass is 10.2. The van der Waals surface area contributed by atoms with Crippen molar-refractivity contribution in [2.24, 2.45) is 0 Å². The van der Waals surface area contributed by atoms with Gasteiger partial charge in [-0.3, -0.25) is 9.78 Å². The third-order valence-electron chi connectivity index (χ3n) is 3.08. The summed E-state index contributed by atoms with van der Waals surface area (Å²) in [7, 11) is -3.81. The summed E-state index contributed by atoms with van der Waals surface area (Å²) in [6.07, 6.45) is 3.37. The Hall–Kier alpha value is -1.96. The van der Waals surface area contributed by atoms with Crippen LogP contribution in [-0.4, -0.2) is 25.4 Å². The van der Waals surface area contributed by atoms with E-state index in [9.17, 15) is 13.2 Å². The number of nitrogens with zero attached hydrogens (tertiary/aromatic N) is 1. The van der Waals surface area contributed by atoms with Crippen LogP contribution in [0.3, 0.4) is 0 Å². The zero-order chi connectivity index (χ0) is 16.9. The largest absolute Gasteiger partial charge is 0.323 e. The van der Waals surface area contributed by atoms with Gasteiger partial charge in [-0.1, -0.05) is 18.5 Å². The molecule has 0 saturated heterocycles. The fourth-order valence-corrected chi connectivity index (χ4v) is 3.26. The maximum absolute atomic E-state index is 12.3. The fourth-order valence-electron chi connectivity index (χ4n) is 1.86. The number of amides is 1. The third kappa shape index (κ3) is 4.75. The SMILES string of the molecule is CCC(NS(=O)(=O)c1ccc(Cl)cc1)C(=O)Nc1cccnc1. The minimum atomic E-state index is -3.81. The number of aromatic nitrogens is 1. The first-order valence-electron chi connectivity index (χ1n) is 6.91. The highest BCUT2D eigenvalue weighted by Crippen LogP contribution is 2.15. The van der Waals surface area contributed by atoms with E-state index in [4.69, 9.17) is 11.6 Å². The fraction of sp³-hybridized carbons (Fsp3) is 0.200. The number of carbonyl (C=O) groups excluding carboxylic acids is 1. The van der Waals surface area contributed by atoms with Gasteiger partial charge in [0, 0.05) is 11.2 Å². The van der Waals surface area contributed by atoms with E-state index in [1.165, 1.54) is 30.5 Å². The first-order chi connectivity index (χ1) is 10.9. The van der Waals surface area contributed by atoms with Gasteiger partial charge in [-0.15, -0.1) is 0 Å². The number of carbonyl (C=O) groups is 1. The quantitative estimate of drug-likeness (QED) is 0.834. The number of halogens is 1. The predicted molar refractivity (Wildman–Crippen MR) is 88.7 cm³/mol. The Bertz CT molecular complexity index is 764. The second kappa shape index (κ2) is 7.54. The van der Waals surface area contributed by atoms with E-state index in [0.717, 1.165) is 0 Å². The number of nitrogens with one attached hydrogen (secondary N) is 2. The van der Waals surface area contributed by atoms with Crippen LogP contribution in [-0.2, 0) is 14.8 Å². The van der Waals surface area contributed by atoms with Crippen molar-refractivity contribution in [3.05, 3.63) is 53.8 Å². The van der Waals surface area contributed by atoms with Gasteiger partial charge >= 0.3 is 0 Å². The normalized spacial score (nSPS) is 12.6. The molecule has 2 rings (SSSR count). The molecule has 1 amide bonds. The maximum Gasteiger partial charge on any atom is 0.242 e. The van der Waals surface area contributed by atoms with Crippen LogP contribution in [0.1, 0.15) is 13.3 Å². The lowest BCUT2D eigenvalue weighted by Gasteiger charge is -2.17. The second-order valence-corrected chi connectivity index (χ2v) is 6.92. The molecular weight excluding hydrogens is 338 g/mol. The van der Waals surface area contributed by atoms with Crippen LogP contribution in [0, 0.1) is 0 Å². The van der Waals surface area contributed by atoms with Crippen molar-refractivity contribution in [2.75, 3.05) is 5.32 Å². The number of sulfonamides is 1. The van der Waals surface area contributed by atoms with Crippen LogP contribution in [0.15, 0.2) is 53.7 Å². The van der Waals surface area contributed by atoms with Crippen LogP contribution < -0.4 is 10.0 Å². The van der Waals surface area contributed by atoms with Crippen LogP contribution in [0.25, 0.3) is 0 Å². The van der Waals surface area contributed by atoms with Crippen molar-refractivity contribution in [3.63, 3.8) is 0 Å². The number of anilines is 1. The van der Waals surface area contributed by atoms with Crippen LogP contribution in [0.5, 0.6) is 0 Å². The summed E-state index contributed by atoms with van der Waals surface area (Å²) in [6, 6.07) is 8.18. The molecule has 1 atom stereocenters. The number of pyridine rings is 1. The Labute approximate surface area is 139 Å². The van der Waals surface area contributed by atoms with Gasteiger partial charge in [0.1, 0.15) is 6.04 Å². The lowest BCUT2D eigenvalue weighted by Crippen LogP contribution is -2.43. The summed E-state index contributed by atoms with van der Waals surface area (Å²) in [6.45, 7) is 1.72. The van der Waals surface area contributed by atoms with Gasteiger partial charge in [0.15, 0.2) is 0 Å². The summed E-state index contributed by atoms with van der Waals surface area (Å²) >= 11 is 5.75. The van der Waals surface area contributed by atoms with Crippen molar-refractivity contribution < 1.29 is 13.2 Å². The number of hydrogen-bond acceptors (Lipinski definition) is 4. The minimum Gasteiger partial charge on any atom is -0.323 e. The molecule has 0 radical (unpaired) electrons. The molecule has 6 nitrogen and oxygen atoms in total. The number of benzene rings is 1. The van der Waals surface area contributed by atoms with Crippen molar-refractivity contribution in [3.8, 4) is 0 Å². The molecule has 1 heterocycles. The molecule has 1 aromatic carbocycles. The lowest BCUT2D eigenvalue weighted by molar-refractivity contribution is -0.117. The van der Waals surface area contributed by atoms with E-state index in [-0.39, 0.29) is 4.90 Å². The first kappa shape index (κ1) is 17.4. The summed E-state index contributed by atoms with van der Waals surface area (Å²) in [5.41, 5.74) is 0.502. The summed E-state index contributed by atoms with van der Waals surface area (Å²) < 4.78 is 27.0. The molecule has 122 valence electrons. The zero-order valence-electron chi connectivity index (χ0n) is 12.4.